The first-order valence-electron chi connectivity index (χ1n) is 5.28. The van der Waals surface area contributed by atoms with Crippen molar-refractivity contribution in [3.63, 3.8) is 0 Å². The van der Waals surface area contributed by atoms with Crippen LogP contribution in [0.4, 0.5) is 5.69 Å². The zero-order valence-corrected chi connectivity index (χ0v) is 9.49. The Bertz CT molecular complexity index is 309. The Morgan fingerprint density at radius 2 is 2.20 bits per heavy atom. The van der Waals surface area contributed by atoms with Gasteiger partial charge < -0.3 is 10.1 Å². The maximum Gasteiger partial charge on any atom is 0.141 e. The van der Waals surface area contributed by atoms with Gasteiger partial charge in [0.25, 0.3) is 0 Å². The first-order valence-corrected chi connectivity index (χ1v) is 5.28. The van der Waals surface area contributed by atoms with Crippen molar-refractivity contribution in [3.8, 4) is 5.75 Å². The molecule has 2 heteroatoms. The molecule has 0 saturated carbocycles. The molecule has 0 aliphatic carbocycles. The predicted molar refractivity (Wildman–Crippen MR) is 65.5 cm³/mol. The molecular formula is C13H19NO. The molecule has 0 heterocycles. The number of ether oxygens (including phenoxy) is 1. The normalized spacial score (nSPS) is 11.9. The summed E-state index contributed by atoms with van der Waals surface area (Å²) >= 11 is 0. The number of benzene rings is 1. The highest BCUT2D eigenvalue weighted by Gasteiger charge is 2.04. The molecule has 0 fully saturated rings. The minimum atomic E-state index is 0.430. The van der Waals surface area contributed by atoms with E-state index in [1.165, 1.54) is 0 Å². The van der Waals surface area contributed by atoms with Gasteiger partial charge in [-0.3, -0.25) is 0 Å². The van der Waals surface area contributed by atoms with Gasteiger partial charge in [-0.05, 0) is 31.9 Å². The monoisotopic (exact) mass is 205 g/mol. The van der Waals surface area contributed by atoms with Crippen LogP contribution in [0.25, 0.3) is 0 Å². The topological polar surface area (TPSA) is 21.3 Å². The van der Waals surface area contributed by atoms with E-state index in [0.717, 1.165) is 24.3 Å². The van der Waals surface area contributed by atoms with Gasteiger partial charge >= 0.3 is 0 Å². The van der Waals surface area contributed by atoms with Crippen LogP contribution in [0.5, 0.6) is 5.75 Å². The molecule has 0 saturated heterocycles. The van der Waals surface area contributed by atoms with Gasteiger partial charge in [0.2, 0.25) is 0 Å². The van der Waals surface area contributed by atoms with Crippen LogP contribution in [0.1, 0.15) is 19.8 Å². The minimum absolute atomic E-state index is 0.430. The quantitative estimate of drug-likeness (QED) is 0.718. The summed E-state index contributed by atoms with van der Waals surface area (Å²) in [5.41, 5.74) is 1.05. The van der Waals surface area contributed by atoms with Crippen LogP contribution < -0.4 is 10.1 Å². The molecule has 1 aromatic carbocycles. The lowest BCUT2D eigenvalue weighted by Crippen LogP contribution is -2.15. The Kier molecular flexibility index (Phi) is 4.75. The van der Waals surface area contributed by atoms with E-state index in [2.05, 4.69) is 18.8 Å². The van der Waals surface area contributed by atoms with Gasteiger partial charge in [0.05, 0.1) is 12.8 Å². The van der Waals surface area contributed by atoms with Crippen LogP contribution >= 0.6 is 0 Å². The number of rotatable bonds is 6. The molecule has 0 aliphatic rings. The molecule has 0 amide bonds. The van der Waals surface area contributed by atoms with Crippen molar-refractivity contribution in [2.24, 2.45) is 0 Å². The Balaban J connectivity index is 2.58. The Labute approximate surface area is 92.0 Å². The van der Waals surface area contributed by atoms with Crippen molar-refractivity contribution in [1.29, 1.82) is 0 Å². The van der Waals surface area contributed by atoms with E-state index in [1.807, 2.05) is 30.3 Å². The summed E-state index contributed by atoms with van der Waals surface area (Å²) in [6, 6.07) is 8.40. The zero-order chi connectivity index (χ0) is 11.1. The van der Waals surface area contributed by atoms with Crippen LogP contribution in [0.15, 0.2) is 36.9 Å². The van der Waals surface area contributed by atoms with Crippen LogP contribution in [0.3, 0.4) is 0 Å². The number of nitrogens with one attached hydrogen (secondary N) is 1. The molecule has 15 heavy (non-hydrogen) atoms. The Morgan fingerprint density at radius 1 is 1.47 bits per heavy atom. The van der Waals surface area contributed by atoms with Crippen LogP contribution in [0.2, 0.25) is 0 Å². The minimum Gasteiger partial charge on any atom is -0.495 e. The van der Waals surface area contributed by atoms with Crippen molar-refractivity contribution in [3.05, 3.63) is 36.9 Å². The number of allylic oxidation sites excluding steroid dienone is 1. The fourth-order valence-corrected chi connectivity index (χ4v) is 1.47. The van der Waals surface area contributed by atoms with E-state index in [1.54, 1.807) is 7.11 Å². The lowest BCUT2D eigenvalue weighted by Gasteiger charge is -2.16. The van der Waals surface area contributed by atoms with E-state index < -0.39 is 0 Å². The van der Waals surface area contributed by atoms with Crippen molar-refractivity contribution in [1.82, 2.24) is 0 Å². The second kappa shape index (κ2) is 6.12. The van der Waals surface area contributed by atoms with Gasteiger partial charge in [-0.1, -0.05) is 18.2 Å². The fraction of sp³-hybridized carbons (Fsp3) is 0.385. The van der Waals surface area contributed by atoms with Gasteiger partial charge in [0.15, 0.2) is 0 Å². The molecule has 1 rings (SSSR count). The summed E-state index contributed by atoms with van der Waals surface area (Å²) in [6.07, 6.45) is 4.06. The maximum absolute atomic E-state index is 5.27. The lowest BCUT2D eigenvalue weighted by molar-refractivity contribution is 0.416. The highest BCUT2D eigenvalue weighted by Crippen LogP contribution is 2.24. The lowest BCUT2D eigenvalue weighted by atomic mass is 10.1. The first kappa shape index (κ1) is 11.6. The predicted octanol–water partition coefficient (Wildman–Crippen LogP) is 3.46. The molecule has 0 aliphatic heterocycles. The average molecular weight is 205 g/mol. The van der Waals surface area contributed by atoms with Crippen LogP contribution in [0, 0.1) is 0 Å². The highest BCUT2D eigenvalue weighted by atomic mass is 16.5. The molecule has 2 nitrogen and oxygen atoms in total. The summed E-state index contributed by atoms with van der Waals surface area (Å²) in [5, 5.41) is 3.42. The van der Waals surface area contributed by atoms with Gasteiger partial charge in [-0.15, -0.1) is 6.58 Å². The molecule has 82 valence electrons. The molecule has 1 aromatic rings. The van der Waals surface area contributed by atoms with Crippen LogP contribution in [-0.4, -0.2) is 13.2 Å². The number of hydrogen-bond acceptors (Lipinski definition) is 2. The van der Waals surface area contributed by atoms with Gasteiger partial charge in [-0.2, -0.15) is 0 Å². The second-order valence-corrected chi connectivity index (χ2v) is 3.61. The van der Waals surface area contributed by atoms with Crippen molar-refractivity contribution < 1.29 is 4.74 Å². The highest BCUT2D eigenvalue weighted by molar-refractivity contribution is 5.56. The fourth-order valence-electron chi connectivity index (χ4n) is 1.47. The summed E-state index contributed by atoms with van der Waals surface area (Å²) < 4.78 is 5.27. The summed E-state index contributed by atoms with van der Waals surface area (Å²) in [4.78, 5) is 0. The smallest absolute Gasteiger partial charge is 0.141 e. The molecule has 1 atom stereocenters. The van der Waals surface area contributed by atoms with Crippen molar-refractivity contribution in [2.45, 2.75) is 25.8 Å². The Hall–Kier alpha value is -1.44. The molecule has 0 bridgehead atoms. The number of anilines is 1. The SMILES string of the molecule is C=CCC[C@@H](C)Nc1ccccc1OC. The third-order valence-electron chi connectivity index (χ3n) is 2.31. The summed E-state index contributed by atoms with van der Waals surface area (Å²) in [5.74, 6) is 0.892. The molecule has 1 N–H and O–H groups in total. The third kappa shape index (κ3) is 3.66. The third-order valence-corrected chi connectivity index (χ3v) is 2.31. The first-order chi connectivity index (χ1) is 7.27. The van der Waals surface area contributed by atoms with Gasteiger partial charge in [-0.25, -0.2) is 0 Å². The van der Waals surface area contributed by atoms with E-state index in [0.29, 0.717) is 6.04 Å². The molecule has 0 unspecified atom stereocenters. The average Bonchev–Trinajstić information content (AvgIpc) is 2.27. The van der Waals surface area contributed by atoms with Crippen LogP contribution in [-0.2, 0) is 0 Å². The Morgan fingerprint density at radius 3 is 2.87 bits per heavy atom. The number of hydrogen-bond donors (Lipinski definition) is 1. The summed E-state index contributed by atoms with van der Waals surface area (Å²) in [6.45, 7) is 5.88. The van der Waals surface area contributed by atoms with E-state index in [4.69, 9.17) is 4.74 Å². The molecule has 0 radical (unpaired) electrons. The molecular weight excluding hydrogens is 186 g/mol. The van der Waals surface area contributed by atoms with E-state index >= 15 is 0 Å². The van der Waals surface area contributed by atoms with Crippen molar-refractivity contribution in [2.75, 3.05) is 12.4 Å². The molecule has 0 aromatic heterocycles. The largest absolute Gasteiger partial charge is 0.495 e. The maximum atomic E-state index is 5.27. The van der Waals surface area contributed by atoms with Crippen molar-refractivity contribution >= 4 is 5.69 Å². The standard InChI is InChI=1S/C13H19NO/c1-4-5-8-11(2)14-12-9-6-7-10-13(12)15-3/h4,6-7,9-11,14H,1,5,8H2,2-3H3/t11-/m1/s1. The zero-order valence-electron chi connectivity index (χ0n) is 9.49. The second-order valence-electron chi connectivity index (χ2n) is 3.61. The number of para-hydroxylation sites is 2. The van der Waals surface area contributed by atoms with E-state index in [-0.39, 0.29) is 0 Å². The summed E-state index contributed by atoms with van der Waals surface area (Å²) in [7, 11) is 1.69. The number of methoxy groups -OCH3 is 1. The van der Waals surface area contributed by atoms with Gasteiger partial charge in [0, 0.05) is 6.04 Å². The van der Waals surface area contributed by atoms with E-state index in [9.17, 15) is 0 Å². The van der Waals surface area contributed by atoms with Gasteiger partial charge in [0.1, 0.15) is 5.75 Å². The molecule has 0 spiro atoms.